The van der Waals surface area contributed by atoms with Crippen LogP contribution in [-0.2, 0) is 0 Å². The molecule has 1 aromatic carbocycles. The molecule has 2 heterocycles. The first-order chi connectivity index (χ1) is 14.5. The number of halogens is 3. The minimum absolute atomic E-state index is 0. The normalized spacial score (nSPS) is 16.2. The summed E-state index contributed by atoms with van der Waals surface area (Å²) in [5.74, 6) is -0.388. The summed E-state index contributed by atoms with van der Waals surface area (Å²) in [7, 11) is 3.62. The van der Waals surface area contributed by atoms with Crippen molar-refractivity contribution < 1.29 is 8.78 Å². The van der Waals surface area contributed by atoms with E-state index < -0.39 is 17.7 Å². The zero-order valence-corrected chi connectivity index (χ0v) is 21.4. The first-order valence-corrected chi connectivity index (χ1v) is 11.3. The third-order valence-corrected chi connectivity index (χ3v) is 6.31. The van der Waals surface area contributed by atoms with Gasteiger partial charge in [-0.1, -0.05) is 6.07 Å². The van der Waals surface area contributed by atoms with Crippen LogP contribution in [0.15, 0.2) is 40.7 Å². The smallest absolute Gasteiger partial charge is 0.191 e. The van der Waals surface area contributed by atoms with Gasteiger partial charge >= 0.3 is 0 Å². The van der Waals surface area contributed by atoms with Crippen LogP contribution in [0.25, 0.3) is 0 Å². The lowest BCUT2D eigenvalue weighted by atomic mass is 10.0. The van der Waals surface area contributed by atoms with Crippen LogP contribution in [0, 0.1) is 11.6 Å². The summed E-state index contributed by atoms with van der Waals surface area (Å²) in [5.41, 5.74) is 0.0614. The molecular formula is C22H32F2IN5S. The van der Waals surface area contributed by atoms with Gasteiger partial charge in [-0.3, -0.25) is 4.99 Å². The second-order valence-corrected chi connectivity index (χ2v) is 8.62. The van der Waals surface area contributed by atoms with Crippen LogP contribution >= 0.6 is 35.3 Å². The molecule has 2 N–H and O–H groups in total. The Morgan fingerprint density at radius 2 is 1.87 bits per heavy atom. The Bertz CT molecular complexity index is 803. The third-order valence-electron chi connectivity index (χ3n) is 5.38. The average Bonchev–Trinajstić information content (AvgIpc) is 3.25. The summed E-state index contributed by atoms with van der Waals surface area (Å²) >= 11 is 1.77. The maximum Gasteiger partial charge on any atom is 0.191 e. The largest absolute Gasteiger partial charge is 0.363 e. The van der Waals surface area contributed by atoms with Crippen LogP contribution in [-0.4, -0.2) is 57.2 Å². The Labute approximate surface area is 204 Å². The van der Waals surface area contributed by atoms with Crippen molar-refractivity contribution in [3.8, 4) is 0 Å². The van der Waals surface area contributed by atoms with Crippen LogP contribution in [0.1, 0.15) is 31.4 Å². The number of likely N-dealkylation sites (N-methyl/N-ethyl adjacent to an activating group) is 1. The van der Waals surface area contributed by atoms with Crippen molar-refractivity contribution in [1.29, 1.82) is 0 Å². The third kappa shape index (κ3) is 7.01. The maximum absolute atomic E-state index is 14.3. The van der Waals surface area contributed by atoms with Crippen LogP contribution < -0.4 is 15.5 Å². The van der Waals surface area contributed by atoms with Crippen LogP contribution in [0.5, 0.6) is 0 Å². The molecule has 9 heteroatoms. The van der Waals surface area contributed by atoms with Crippen molar-refractivity contribution in [2.75, 3.05) is 45.2 Å². The number of piperidine rings is 1. The lowest BCUT2D eigenvalue weighted by Gasteiger charge is -2.33. The highest BCUT2D eigenvalue weighted by molar-refractivity contribution is 14.0. The molecule has 5 nitrogen and oxygen atoms in total. The minimum Gasteiger partial charge on any atom is -0.363 e. The highest BCUT2D eigenvalue weighted by Gasteiger charge is 2.23. The van der Waals surface area contributed by atoms with E-state index in [9.17, 15) is 8.78 Å². The molecule has 1 saturated heterocycles. The molecular weight excluding hydrogens is 531 g/mol. The van der Waals surface area contributed by atoms with E-state index in [0.29, 0.717) is 12.0 Å². The summed E-state index contributed by atoms with van der Waals surface area (Å²) in [6, 6.07) is 8.06. The van der Waals surface area contributed by atoms with Gasteiger partial charge in [-0.25, -0.2) is 8.78 Å². The van der Waals surface area contributed by atoms with Gasteiger partial charge in [0.1, 0.15) is 11.6 Å². The van der Waals surface area contributed by atoms with Crippen molar-refractivity contribution in [1.82, 2.24) is 15.5 Å². The number of benzene rings is 1. The molecule has 1 aliphatic rings. The number of hydrogen-bond acceptors (Lipinski definition) is 4. The fourth-order valence-corrected chi connectivity index (χ4v) is 4.51. The van der Waals surface area contributed by atoms with Gasteiger partial charge < -0.3 is 20.4 Å². The molecule has 1 unspecified atom stereocenters. The maximum atomic E-state index is 14.3. The Morgan fingerprint density at radius 3 is 2.42 bits per heavy atom. The number of guanidine groups is 1. The molecule has 2 aromatic rings. The van der Waals surface area contributed by atoms with E-state index in [1.54, 1.807) is 16.2 Å². The summed E-state index contributed by atoms with van der Waals surface area (Å²) in [5, 5.41) is 10.2. The number of hydrogen-bond donors (Lipinski definition) is 2. The van der Waals surface area contributed by atoms with Gasteiger partial charge in [-0.05, 0) is 63.5 Å². The molecule has 0 amide bonds. The summed E-state index contributed by atoms with van der Waals surface area (Å²) in [6.07, 6.45) is 2.03. The number of rotatable bonds is 7. The molecule has 0 aliphatic carbocycles. The van der Waals surface area contributed by atoms with Crippen molar-refractivity contribution in [3.05, 3.63) is 52.9 Å². The van der Waals surface area contributed by atoms with Gasteiger partial charge in [0.25, 0.3) is 0 Å². The molecule has 31 heavy (non-hydrogen) atoms. The molecule has 0 saturated carbocycles. The minimum atomic E-state index is -0.539. The number of nitrogens with zero attached hydrogens (tertiary/aromatic N) is 3. The van der Waals surface area contributed by atoms with Gasteiger partial charge in [0, 0.05) is 31.2 Å². The Morgan fingerprint density at radius 1 is 1.19 bits per heavy atom. The zero-order valence-electron chi connectivity index (χ0n) is 18.3. The molecule has 3 rings (SSSR count). The quantitative estimate of drug-likeness (QED) is 0.297. The lowest BCUT2D eigenvalue weighted by molar-refractivity contribution is 0.290. The molecule has 1 fully saturated rings. The number of anilines is 1. The fraction of sp³-hybridized carbons (Fsp3) is 0.500. The van der Waals surface area contributed by atoms with E-state index in [2.05, 4.69) is 38.0 Å². The second kappa shape index (κ2) is 12.5. The number of nitrogens with one attached hydrogen (secondary N) is 2. The first kappa shape index (κ1) is 25.8. The van der Waals surface area contributed by atoms with Crippen molar-refractivity contribution >= 4 is 46.3 Å². The van der Waals surface area contributed by atoms with E-state index in [1.807, 2.05) is 21.0 Å². The van der Waals surface area contributed by atoms with E-state index in [-0.39, 0.29) is 36.1 Å². The van der Waals surface area contributed by atoms with Gasteiger partial charge in [0.15, 0.2) is 5.96 Å². The van der Waals surface area contributed by atoms with E-state index >= 15 is 0 Å². The van der Waals surface area contributed by atoms with Crippen LogP contribution in [0.4, 0.5) is 13.8 Å². The van der Waals surface area contributed by atoms with Gasteiger partial charge in [-0.15, -0.1) is 35.3 Å². The van der Waals surface area contributed by atoms with Gasteiger partial charge in [0.05, 0.1) is 17.6 Å². The summed E-state index contributed by atoms with van der Waals surface area (Å²) in [6.45, 7) is 4.99. The predicted octanol–water partition coefficient (Wildman–Crippen LogP) is 4.47. The Hall–Kier alpha value is -1.46. The molecule has 1 aromatic heterocycles. The predicted molar refractivity (Wildman–Crippen MR) is 137 cm³/mol. The van der Waals surface area contributed by atoms with Crippen molar-refractivity contribution in [2.45, 2.75) is 31.8 Å². The number of thiophene rings is 1. The molecule has 1 aliphatic heterocycles. The SMILES string of the molecule is CCNC(=NCC(c1c(F)cccc1F)N(C)C)NC1CCN(c2cccs2)CC1.I. The van der Waals surface area contributed by atoms with Gasteiger partial charge in [-0.2, -0.15) is 0 Å². The summed E-state index contributed by atoms with van der Waals surface area (Å²) < 4.78 is 28.6. The Kier molecular flexibility index (Phi) is 10.4. The topological polar surface area (TPSA) is 42.9 Å². The van der Waals surface area contributed by atoms with Crippen LogP contribution in [0.3, 0.4) is 0 Å². The standard InChI is InChI=1S/C22H31F2N5S.HI/c1-4-25-22(27-16-10-12-29(13-11-16)20-9-6-14-30-20)26-15-19(28(2)3)21-17(23)7-5-8-18(21)24;/h5-9,14,16,19H,4,10-13,15H2,1-3H3,(H2,25,26,27);1H. The molecule has 0 spiro atoms. The average molecular weight is 564 g/mol. The highest BCUT2D eigenvalue weighted by atomic mass is 127. The van der Waals surface area contributed by atoms with Crippen LogP contribution in [0.2, 0.25) is 0 Å². The fourth-order valence-electron chi connectivity index (χ4n) is 3.73. The van der Waals surface area contributed by atoms with Gasteiger partial charge in [0.2, 0.25) is 0 Å². The molecule has 0 radical (unpaired) electrons. The van der Waals surface area contributed by atoms with E-state index in [1.165, 1.54) is 23.2 Å². The van der Waals surface area contributed by atoms with Crippen molar-refractivity contribution in [2.24, 2.45) is 4.99 Å². The molecule has 172 valence electrons. The zero-order chi connectivity index (χ0) is 21.5. The lowest BCUT2D eigenvalue weighted by Crippen LogP contribution is -2.48. The molecule has 1 atom stereocenters. The summed E-state index contributed by atoms with van der Waals surface area (Å²) in [4.78, 5) is 8.88. The monoisotopic (exact) mass is 563 g/mol. The Balaban J connectivity index is 0.00000341. The highest BCUT2D eigenvalue weighted by Crippen LogP contribution is 2.26. The first-order valence-electron chi connectivity index (χ1n) is 10.4. The second-order valence-electron chi connectivity index (χ2n) is 7.69. The van der Waals surface area contributed by atoms with Crippen molar-refractivity contribution in [3.63, 3.8) is 0 Å². The van der Waals surface area contributed by atoms with E-state index in [0.717, 1.165) is 32.5 Å². The molecule has 0 bridgehead atoms. The number of aliphatic imine (C=N–C) groups is 1. The van der Waals surface area contributed by atoms with E-state index in [4.69, 9.17) is 0 Å².